The number of allylic oxidation sites excluding steroid dienone is 2. The molecule has 2 N–H and O–H groups in total. The lowest BCUT2D eigenvalue weighted by molar-refractivity contribution is -0.125. The Bertz CT molecular complexity index is 988. The van der Waals surface area contributed by atoms with Crippen LogP contribution in [0.1, 0.15) is 77.7 Å². The van der Waals surface area contributed by atoms with Crippen molar-refractivity contribution in [2.75, 3.05) is 6.61 Å². The van der Waals surface area contributed by atoms with E-state index in [9.17, 15) is 9.90 Å². The fraction of sp³-hybridized carbons (Fsp3) is 0.679. The second kappa shape index (κ2) is 8.78. The number of hydrogen-bond acceptors (Lipinski definition) is 5. The molecular weight excluding hydrogens is 426 g/mol. The highest BCUT2D eigenvalue weighted by atomic mass is 16.6. The summed E-state index contributed by atoms with van der Waals surface area (Å²) >= 11 is 0. The molecule has 4 aliphatic carbocycles. The summed E-state index contributed by atoms with van der Waals surface area (Å²) in [5.41, 5.74) is 3.24. The molecule has 34 heavy (non-hydrogen) atoms. The van der Waals surface area contributed by atoms with E-state index in [1.807, 2.05) is 12.1 Å². The molecule has 6 heteroatoms. The average Bonchev–Trinajstić information content (AvgIpc) is 3.07. The van der Waals surface area contributed by atoms with Gasteiger partial charge in [-0.2, -0.15) is 0 Å². The Balaban J connectivity index is 1.20. The Kier molecular flexibility index (Phi) is 6.07. The molecule has 1 aromatic rings. The minimum Gasteiger partial charge on any atom is -0.390 e. The van der Waals surface area contributed by atoms with Gasteiger partial charge in [-0.1, -0.05) is 24.6 Å². The zero-order chi connectivity index (χ0) is 24.0. The van der Waals surface area contributed by atoms with Gasteiger partial charge in [0, 0.05) is 18.9 Å². The minimum atomic E-state index is -0.520. The van der Waals surface area contributed by atoms with E-state index in [0.717, 1.165) is 43.4 Å². The zero-order valence-electron chi connectivity index (χ0n) is 20.8. The highest BCUT2D eigenvalue weighted by Gasteiger charge is 2.62. The van der Waals surface area contributed by atoms with Crippen molar-refractivity contribution in [3.05, 3.63) is 41.7 Å². The number of carbonyl (C=O) groups is 1. The van der Waals surface area contributed by atoms with Crippen molar-refractivity contribution in [2.45, 2.75) is 84.3 Å². The smallest absolute Gasteiger partial charge is 0.261 e. The summed E-state index contributed by atoms with van der Waals surface area (Å²) in [7, 11) is 0. The lowest BCUT2D eigenvalue weighted by Gasteiger charge is -2.59. The molecule has 3 fully saturated rings. The third-order valence-electron chi connectivity index (χ3n) is 10.2. The van der Waals surface area contributed by atoms with E-state index in [1.54, 1.807) is 12.4 Å². The molecular formula is C28H39N3O3. The molecule has 6 unspecified atom stereocenters. The first-order valence-corrected chi connectivity index (χ1v) is 13.0. The van der Waals surface area contributed by atoms with Crippen molar-refractivity contribution >= 4 is 11.6 Å². The normalized spacial score (nSPS) is 40.1. The third-order valence-corrected chi connectivity index (χ3v) is 10.2. The third kappa shape index (κ3) is 3.98. The molecule has 0 bridgehead atoms. The van der Waals surface area contributed by atoms with E-state index in [0.29, 0.717) is 24.3 Å². The largest absolute Gasteiger partial charge is 0.390 e. The maximum Gasteiger partial charge on any atom is 0.261 e. The van der Waals surface area contributed by atoms with Gasteiger partial charge in [0.05, 0.1) is 11.3 Å². The summed E-state index contributed by atoms with van der Waals surface area (Å²) in [6.45, 7) is 7.29. The van der Waals surface area contributed by atoms with E-state index in [4.69, 9.17) is 4.84 Å². The van der Waals surface area contributed by atoms with Gasteiger partial charge >= 0.3 is 0 Å². The van der Waals surface area contributed by atoms with Gasteiger partial charge in [-0.25, -0.2) is 0 Å². The molecule has 184 valence electrons. The number of oxime groups is 1. The quantitative estimate of drug-likeness (QED) is 0.613. The van der Waals surface area contributed by atoms with Gasteiger partial charge in [0.2, 0.25) is 0 Å². The minimum absolute atomic E-state index is 0.0683. The molecule has 3 saturated carbocycles. The van der Waals surface area contributed by atoms with Crippen molar-refractivity contribution in [1.82, 2.24) is 10.3 Å². The average molecular weight is 466 g/mol. The molecule has 6 atom stereocenters. The standard InChI is InChI=1S/C28H39N3O3/c1-26-11-6-21(31-34-18-25(32)30-17-19-9-14-29-15-10-19)16-20(26)4-5-22-23(26)7-12-27(2)24(22)8-13-28(27,3)33/h9-10,14-16,22-24,33H,4-8,11-13,17-18H2,1-3H3,(H,30,32). The van der Waals surface area contributed by atoms with Gasteiger partial charge in [-0.15, -0.1) is 0 Å². The summed E-state index contributed by atoms with van der Waals surface area (Å²) in [4.78, 5) is 21.5. The first kappa shape index (κ1) is 23.5. The maximum absolute atomic E-state index is 12.1. The van der Waals surface area contributed by atoms with Crippen LogP contribution in [-0.2, 0) is 16.2 Å². The predicted octanol–water partition coefficient (Wildman–Crippen LogP) is 4.78. The van der Waals surface area contributed by atoms with Crippen LogP contribution in [0.15, 0.2) is 41.3 Å². The van der Waals surface area contributed by atoms with E-state index in [-0.39, 0.29) is 23.3 Å². The van der Waals surface area contributed by atoms with Gasteiger partial charge in [0.15, 0.2) is 6.61 Å². The van der Waals surface area contributed by atoms with Crippen LogP contribution in [0.4, 0.5) is 0 Å². The molecule has 4 aliphatic rings. The lowest BCUT2D eigenvalue weighted by Crippen LogP contribution is -2.53. The molecule has 0 spiro atoms. The van der Waals surface area contributed by atoms with Crippen molar-refractivity contribution in [2.24, 2.45) is 33.7 Å². The van der Waals surface area contributed by atoms with Gasteiger partial charge in [-0.05, 0) is 111 Å². The SMILES string of the molecule is CC12CCC(=NOCC(=O)NCc3ccncc3)C=C1CCC1C2CCC2(C)C1CCC2(C)O. The van der Waals surface area contributed by atoms with Crippen LogP contribution < -0.4 is 5.32 Å². The number of aliphatic hydroxyl groups is 1. The van der Waals surface area contributed by atoms with Crippen LogP contribution in [0.25, 0.3) is 0 Å². The monoisotopic (exact) mass is 465 g/mol. The number of fused-ring (bicyclic) bond motifs is 5. The van der Waals surface area contributed by atoms with Gasteiger partial charge in [-0.3, -0.25) is 9.78 Å². The van der Waals surface area contributed by atoms with Gasteiger partial charge in [0.25, 0.3) is 5.91 Å². The molecule has 0 aromatic carbocycles. The highest BCUT2D eigenvalue weighted by Crippen LogP contribution is 2.67. The summed E-state index contributed by atoms with van der Waals surface area (Å²) in [6, 6.07) is 3.76. The lowest BCUT2D eigenvalue weighted by atomic mass is 9.46. The number of amides is 1. The van der Waals surface area contributed by atoms with Gasteiger partial charge < -0.3 is 15.3 Å². The molecule has 6 nitrogen and oxygen atoms in total. The summed E-state index contributed by atoms with van der Waals surface area (Å²) in [5, 5.41) is 18.3. The second-order valence-electron chi connectivity index (χ2n) is 11.8. The summed E-state index contributed by atoms with van der Waals surface area (Å²) in [5.74, 6) is 1.88. The number of hydrogen-bond donors (Lipinski definition) is 2. The van der Waals surface area contributed by atoms with E-state index < -0.39 is 5.60 Å². The van der Waals surface area contributed by atoms with Crippen LogP contribution in [0.5, 0.6) is 0 Å². The topological polar surface area (TPSA) is 83.8 Å². The van der Waals surface area contributed by atoms with Crippen molar-refractivity contribution in [3.8, 4) is 0 Å². The number of aromatic nitrogens is 1. The summed E-state index contributed by atoms with van der Waals surface area (Å²) in [6.07, 6.45) is 14.5. The molecule has 0 saturated heterocycles. The fourth-order valence-electron chi connectivity index (χ4n) is 7.81. The van der Waals surface area contributed by atoms with Crippen LogP contribution in [0.3, 0.4) is 0 Å². The maximum atomic E-state index is 12.1. The van der Waals surface area contributed by atoms with Crippen molar-refractivity contribution in [3.63, 3.8) is 0 Å². The number of nitrogens with one attached hydrogen (secondary N) is 1. The Morgan fingerprint density at radius 3 is 2.68 bits per heavy atom. The Morgan fingerprint density at radius 2 is 1.88 bits per heavy atom. The second-order valence-corrected chi connectivity index (χ2v) is 11.8. The predicted molar refractivity (Wildman–Crippen MR) is 132 cm³/mol. The number of rotatable bonds is 5. The Labute approximate surface area is 203 Å². The molecule has 1 amide bonds. The van der Waals surface area contributed by atoms with E-state index in [2.05, 4.69) is 42.3 Å². The van der Waals surface area contributed by atoms with Crippen LogP contribution in [-0.4, -0.2) is 33.9 Å². The number of carbonyl (C=O) groups excluding carboxylic acids is 1. The Hall–Kier alpha value is -2.21. The zero-order valence-corrected chi connectivity index (χ0v) is 20.8. The Morgan fingerprint density at radius 1 is 1.12 bits per heavy atom. The highest BCUT2D eigenvalue weighted by molar-refractivity contribution is 5.96. The van der Waals surface area contributed by atoms with Crippen LogP contribution in [0, 0.1) is 28.6 Å². The fourth-order valence-corrected chi connectivity index (χ4v) is 7.81. The molecule has 1 heterocycles. The summed E-state index contributed by atoms with van der Waals surface area (Å²) < 4.78 is 0. The first-order chi connectivity index (χ1) is 16.2. The number of nitrogens with zero attached hydrogens (tertiary/aromatic N) is 2. The van der Waals surface area contributed by atoms with E-state index in [1.165, 1.54) is 24.8 Å². The van der Waals surface area contributed by atoms with Gasteiger partial charge in [0.1, 0.15) is 0 Å². The first-order valence-electron chi connectivity index (χ1n) is 13.0. The number of pyridine rings is 1. The van der Waals surface area contributed by atoms with E-state index >= 15 is 0 Å². The molecule has 1 aromatic heterocycles. The molecule has 5 rings (SSSR count). The van der Waals surface area contributed by atoms with Crippen molar-refractivity contribution < 1.29 is 14.7 Å². The van der Waals surface area contributed by atoms with Crippen LogP contribution in [0.2, 0.25) is 0 Å². The van der Waals surface area contributed by atoms with Crippen LogP contribution >= 0.6 is 0 Å². The van der Waals surface area contributed by atoms with Crippen molar-refractivity contribution in [1.29, 1.82) is 0 Å². The molecule has 0 aliphatic heterocycles. The molecule has 0 radical (unpaired) electrons.